The molecule has 1 aromatic rings. The number of nitrogens with one attached hydrogen (secondary N) is 1. The van der Waals surface area contributed by atoms with Gasteiger partial charge in [0.1, 0.15) is 5.69 Å². The van der Waals surface area contributed by atoms with Gasteiger partial charge in [0.05, 0.1) is 5.51 Å². The van der Waals surface area contributed by atoms with E-state index in [2.05, 4.69) is 10.3 Å². The molecule has 0 fully saturated rings. The molecule has 1 amide bonds. The van der Waals surface area contributed by atoms with Gasteiger partial charge in [0.2, 0.25) is 0 Å². The number of nitrogens with two attached hydrogens (primary N) is 1. The van der Waals surface area contributed by atoms with E-state index in [1.807, 2.05) is 13.8 Å². The Morgan fingerprint density at radius 1 is 1.71 bits per heavy atom. The zero-order valence-electron chi connectivity index (χ0n) is 8.36. The normalized spacial score (nSPS) is 12.9. The van der Waals surface area contributed by atoms with Crippen LogP contribution in [-0.2, 0) is 0 Å². The number of rotatable bonds is 4. The van der Waals surface area contributed by atoms with Crippen molar-refractivity contribution in [1.29, 1.82) is 0 Å². The van der Waals surface area contributed by atoms with Crippen LogP contribution in [0.3, 0.4) is 0 Å². The fourth-order valence-electron chi connectivity index (χ4n) is 0.861. The molecule has 5 heteroatoms. The first kappa shape index (κ1) is 11.1. The maximum Gasteiger partial charge on any atom is 0.270 e. The largest absolute Gasteiger partial charge is 0.349 e. The first-order valence-electron chi connectivity index (χ1n) is 4.53. The number of aromatic nitrogens is 1. The van der Waals surface area contributed by atoms with Crippen molar-refractivity contribution in [1.82, 2.24) is 10.3 Å². The van der Waals surface area contributed by atoms with Crippen molar-refractivity contribution in [3.05, 3.63) is 16.6 Å². The molecule has 0 aliphatic rings. The molecule has 0 aromatic carbocycles. The van der Waals surface area contributed by atoms with Gasteiger partial charge in [0, 0.05) is 18.0 Å². The topological polar surface area (TPSA) is 68.0 Å². The van der Waals surface area contributed by atoms with Gasteiger partial charge in [-0.05, 0) is 5.92 Å². The highest BCUT2D eigenvalue weighted by molar-refractivity contribution is 7.07. The van der Waals surface area contributed by atoms with Crippen molar-refractivity contribution < 1.29 is 4.79 Å². The number of thiazole rings is 1. The van der Waals surface area contributed by atoms with Crippen LogP contribution < -0.4 is 11.1 Å². The van der Waals surface area contributed by atoms with Crippen molar-refractivity contribution >= 4 is 17.2 Å². The first-order chi connectivity index (χ1) is 6.61. The average Bonchev–Trinajstić information content (AvgIpc) is 2.66. The van der Waals surface area contributed by atoms with Crippen LogP contribution in [0.15, 0.2) is 10.9 Å². The highest BCUT2D eigenvalue weighted by atomic mass is 32.1. The second kappa shape index (κ2) is 5.07. The van der Waals surface area contributed by atoms with Gasteiger partial charge in [0.25, 0.3) is 5.91 Å². The lowest BCUT2D eigenvalue weighted by atomic mass is 10.1. The molecule has 78 valence electrons. The zero-order chi connectivity index (χ0) is 10.6. The highest BCUT2D eigenvalue weighted by Gasteiger charge is 2.11. The van der Waals surface area contributed by atoms with Crippen LogP contribution in [0.4, 0.5) is 0 Å². The van der Waals surface area contributed by atoms with E-state index in [0.29, 0.717) is 18.2 Å². The Hall–Kier alpha value is -0.940. The SMILES string of the molecule is CC(C)C(N)CNC(=O)c1cscn1. The van der Waals surface area contributed by atoms with E-state index < -0.39 is 0 Å². The summed E-state index contributed by atoms with van der Waals surface area (Å²) in [6, 6.07) is -0.00224. The lowest BCUT2D eigenvalue weighted by Gasteiger charge is -2.15. The van der Waals surface area contributed by atoms with Crippen molar-refractivity contribution in [3.8, 4) is 0 Å². The molecule has 3 N–H and O–H groups in total. The molecule has 1 atom stereocenters. The zero-order valence-corrected chi connectivity index (χ0v) is 9.17. The van der Waals surface area contributed by atoms with E-state index in [4.69, 9.17) is 5.73 Å². The van der Waals surface area contributed by atoms with Crippen LogP contribution in [0, 0.1) is 5.92 Å². The molecule has 1 rings (SSSR count). The van der Waals surface area contributed by atoms with Gasteiger partial charge in [-0.3, -0.25) is 4.79 Å². The number of carbonyl (C=O) groups excluding carboxylic acids is 1. The Kier molecular flexibility index (Phi) is 4.03. The lowest BCUT2D eigenvalue weighted by Crippen LogP contribution is -2.40. The fraction of sp³-hybridized carbons (Fsp3) is 0.556. The maximum absolute atomic E-state index is 11.4. The Balaban J connectivity index is 2.36. The summed E-state index contributed by atoms with van der Waals surface area (Å²) >= 11 is 1.41. The predicted octanol–water partition coefficient (Wildman–Crippen LogP) is 0.856. The van der Waals surface area contributed by atoms with E-state index in [0.717, 1.165) is 0 Å². The number of carbonyl (C=O) groups is 1. The summed E-state index contributed by atoms with van der Waals surface area (Å²) in [5.41, 5.74) is 7.89. The molecule has 0 aliphatic heterocycles. The van der Waals surface area contributed by atoms with E-state index in [-0.39, 0.29) is 11.9 Å². The monoisotopic (exact) mass is 213 g/mol. The summed E-state index contributed by atoms with van der Waals surface area (Å²) in [5.74, 6) is 0.216. The summed E-state index contributed by atoms with van der Waals surface area (Å²) in [4.78, 5) is 15.3. The maximum atomic E-state index is 11.4. The number of hydrogen-bond acceptors (Lipinski definition) is 4. The second-order valence-electron chi connectivity index (χ2n) is 3.49. The van der Waals surface area contributed by atoms with Crippen LogP contribution in [0.25, 0.3) is 0 Å². The third kappa shape index (κ3) is 3.08. The molecule has 0 spiro atoms. The van der Waals surface area contributed by atoms with Gasteiger partial charge in [-0.25, -0.2) is 4.98 Å². The third-order valence-corrected chi connectivity index (χ3v) is 2.61. The number of amides is 1. The van der Waals surface area contributed by atoms with Gasteiger partial charge in [0.15, 0.2) is 0 Å². The molecule has 14 heavy (non-hydrogen) atoms. The van der Waals surface area contributed by atoms with Crippen molar-refractivity contribution in [2.75, 3.05) is 6.54 Å². The van der Waals surface area contributed by atoms with Gasteiger partial charge in [-0.1, -0.05) is 13.8 Å². The van der Waals surface area contributed by atoms with E-state index in [1.165, 1.54) is 11.3 Å². The molecular weight excluding hydrogens is 198 g/mol. The second-order valence-corrected chi connectivity index (χ2v) is 4.21. The van der Waals surface area contributed by atoms with Gasteiger partial charge in [-0.2, -0.15) is 0 Å². The molecule has 1 aromatic heterocycles. The lowest BCUT2D eigenvalue weighted by molar-refractivity contribution is 0.0945. The molecule has 1 unspecified atom stereocenters. The van der Waals surface area contributed by atoms with Crippen molar-refractivity contribution in [2.45, 2.75) is 19.9 Å². The van der Waals surface area contributed by atoms with Crippen LogP contribution in [0.1, 0.15) is 24.3 Å². The molecule has 0 bridgehead atoms. The van der Waals surface area contributed by atoms with E-state index in [9.17, 15) is 4.79 Å². The van der Waals surface area contributed by atoms with Gasteiger partial charge < -0.3 is 11.1 Å². The Morgan fingerprint density at radius 3 is 2.93 bits per heavy atom. The Bertz CT molecular complexity index is 284. The van der Waals surface area contributed by atoms with E-state index in [1.54, 1.807) is 10.9 Å². The fourth-order valence-corrected chi connectivity index (χ4v) is 1.39. The summed E-state index contributed by atoms with van der Waals surface area (Å²) in [6.45, 7) is 4.55. The minimum absolute atomic E-state index is 0.00224. The Morgan fingerprint density at radius 2 is 2.43 bits per heavy atom. The number of hydrogen-bond donors (Lipinski definition) is 2. The highest BCUT2D eigenvalue weighted by Crippen LogP contribution is 2.01. The quantitative estimate of drug-likeness (QED) is 0.779. The average molecular weight is 213 g/mol. The van der Waals surface area contributed by atoms with Gasteiger partial charge in [-0.15, -0.1) is 11.3 Å². The summed E-state index contributed by atoms with van der Waals surface area (Å²) in [6.07, 6.45) is 0. The predicted molar refractivity (Wildman–Crippen MR) is 57.3 cm³/mol. The molecule has 0 radical (unpaired) electrons. The number of nitrogens with zero attached hydrogens (tertiary/aromatic N) is 1. The third-order valence-electron chi connectivity index (χ3n) is 2.02. The molecule has 0 saturated heterocycles. The molecule has 0 aliphatic carbocycles. The minimum Gasteiger partial charge on any atom is -0.349 e. The van der Waals surface area contributed by atoms with Crippen molar-refractivity contribution in [2.24, 2.45) is 11.7 Å². The summed E-state index contributed by atoms with van der Waals surface area (Å²) in [7, 11) is 0. The van der Waals surface area contributed by atoms with Crippen LogP contribution >= 0.6 is 11.3 Å². The smallest absolute Gasteiger partial charge is 0.270 e. The molecule has 0 saturated carbocycles. The Labute approximate surface area is 87.5 Å². The summed E-state index contributed by atoms with van der Waals surface area (Å²) < 4.78 is 0. The molecular formula is C9H15N3OS. The van der Waals surface area contributed by atoms with Crippen molar-refractivity contribution in [3.63, 3.8) is 0 Å². The summed E-state index contributed by atoms with van der Waals surface area (Å²) in [5, 5.41) is 4.46. The molecule has 4 nitrogen and oxygen atoms in total. The first-order valence-corrected chi connectivity index (χ1v) is 5.47. The van der Waals surface area contributed by atoms with E-state index >= 15 is 0 Å². The van der Waals surface area contributed by atoms with Crippen LogP contribution in [-0.4, -0.2) is 23.5 Å². The minimum atomic E-state index is -0.151. The standard InChI is InChI=1S/C9H15N3OS/c1-6(2)7(10)3-11-9(13)8-4-14-5-12-8/h4-7H,3,10H2,1-2H3,(H,11,13). The van der Waals surface area contributed by atoms with Crippen LogP contribution in [0.5, 0.6) is 0 Å². The van der Waals surface area contributed by atoms with Gasteiger partial charge >= 0.3 is 0 Å². The molecule has 1 heterocycles. The van der Waals surface area contributed by atoms with Crippen LogP contribution in [0.2, 0.25) is 0 Å².